The van der Waals surface area contributed by atoms with Gasteiger partial charge in [0.2, 0.25) is 0 Å². The van der Waals surface area contributed by atoms with Crippen molar-refractivity contribution in [3.63, 3.8) is 0 Å². The molecule has 2 aromatic rings. The molecule has 0 bridgehead atoms. The zero-order valence-electron chi connectivity index (χ0n) is 14.5. The Kier molecular flexibility index (Phi) is 6.73. The summed E-state index contributed by atoms with van der Waals surface area (Å²) in [4.78, 5) is 14.4. The van der Waals surface area contributed by atoms with E-state index in [0.29, 0.717) is 5.56 Å². The van der Waals surface area contributed by atoms with Gasteiger partial charge in [0.15, 0.2) is 5.92 Å². The predicted octanol–water partition coefficient (Wildman–Crippen LogP) is 3.29. The molecule has 1 atom stereocenters. The fourth-order valence-corrected chi connectivity index (χ4v) is 2.52. The predicted molar refractivity (Wildman–Crippen MR) is 101 cm³/mol. The van der Waals surface area contributed by atoms with Crippen LogP contribution in [-0.4, -0.2) is 25.2 Å². The Morgan fingerprint density at radius 2 is 1.80 bits per heavy atom. The number of anilines is 1. The highest BCUT2D eigenvalue weighted by molar-refractivity contribution is 5.88. The summed E-state index contributed by atoms with van der Waals surface area (Å²) in [5.74, 6) is -1.31. The van der Waals surface area contributed by atoms with Crippen LogP contribution in [0, 0.1) is 11.3 Å². The topological polar surface area (TPSA) is 68.5 Å². The van der Waals surface area contributed by atoms with Gasteiger partial charge in [-0.3, -0.25) is 4.79 Å². The Morgan fingerprint density at radius 1 is 1.16 bits per heavy atom. The standard InChI is InChI=1S/C20H22N4O/c1-3-24(4-2)18-12-10-16(11-13-18)15-22-23-20(25)19(14-21)17-8-6-5-7-9-17/h5-13,15,19H,3-4H2,1-2H3,(H,23,25)/b22-15-/t19-/m0/s1. The Balaban J connectivity index is 1.98. The lowest BCUT2D eigenvalue weighted by molar-refractivity contribution is -0.121. The highest BCUT2D eigenvalue weighted by Crippen LogP contribution is 2.15. The first kappa shape index (κ1) is 18.2. The second-order valence-electron chi connectivity index (χ2n) is 5.47. The Morgan fingerprint density at radius 3 is 2.36 bits per heavy atom. The maximum Gasteiger partial charge on any atom is 0.261 e. The Labute approximate surface area is 148 Å². The summed E-state index contributed by atoms with van der Waals surface area (Å²) in [5, 5.41) is 13.2. The third-order valence-electron chi connectivity index (χ3n) is 3.93. The van der Waals surface area contributed by atoms with Gasteiger partial charge in [0.25, 0.3) is 5.91 Å². The van der Waals surface area contributed by atoms with Crippen LogP contribution in [0.5, 0.6) is 0 Å². The van der Waals surface area contributed by atoms with E-state index >= 15 is 0 Å². The summed E-state index contributed by atoms with van der Waals surface area (Å²) in [6.07, 6.45) is 1.57. The first-order chi connectivity index (χ1) is 12.2. The van der Waals surface area contributed by atoms with Crippen molar-refractivity contribution in [2.24, 2.45) is 5.10 Å². The molecular weight excluding hydrogens is 312 g/mol. The number of amides is 1. The zero-order valence-corrected chi connectivity index (χ0v) is 14.5. The number of hydrazone groups is 1. The minimum Gasteiger partial charge on any atom is -0.372 e. The van der Waals surface area contributed by atoms with Crippen molar-refractivity contribution in [1.29, 1.82) is 5.26 Å². The summed E-state index contributed by atoms with van der Waals surface area (Å²) >= 11 is 0. The molecule has 2 aromatic carbocycles. The minimum absolute atomic E-state index is 0.440. The Bertz CT molecular complexity index is 744. The average molecular weight is 334 g/mol. The van der Waals surface area contributed by atoms with E-state index in [9.17, 15) is 10.1 Å². The molecule has 0 unspecified atom stereocenters. The maximum atomic E-state index is 12.1. The van der Waals surface area contributed by atoms with Crippen molar-refractivity contribution in [3.05, 3.63) is 65.7 Å². The number of carbonyl (C=O) groups is 1. The van der Waals surface area contributed by atoms with Gasteiger partial charge in [-0.2, -0.15) is 10.4 Å². The van der Waals surface area contributed by atoms with Crippen molar-refractivity contribution in [2.75, 3.05) is 18.0 Å². The maximum absolute atomic E-state index is 12.1. The molecule has 0 aliphatic rings. The van der Waals surface area contributed by atoms with Gasteiger partial charge >= 0.3 is 0 Å². The quantitative estimate of drug-likeness (QED) is 0.624. The SMILES string of the molecule is CCN(CC)c1ccc(/C=N\NC(=O)[C@@H](C#N)c2ccccc2)cc1. The van der Waals surface area contributed by atoms with Crippen LogP contribution in [0.2, 0.25) is 0 Å². The van der Waals surface area contributed by atoms with Crippen LogP contribution >= 0.6 is 0 Å². The normalized spacial score (nSPS) is 11.7. The Hall–Kier alpha value is -3.13. The van der Waals surface area contributed by atoms with Crippen LogP contribution in [0.4, 0.5) is 5.69 Å². The van der Waals surface area contributed by atoms with Crippen molar-refractivity contribution in [2.45, 2.75) is 19.8 Å². The van der Waals surface area contributed by atoms with Crippen LogP contribution in [-0.2, 0) is 4.79 Å². The summed E-state index contributed by atoms with van der Waals surface area (Å²) in [5.41, 5.74) is 5.12. The fraction of sp³-hybridized carbons (Fsp3) is 0.250. The van der Waals surface area contributed by atoms with Gasteiger partial charge in [0.05, 0.1) is 12.3 Å². The number of rotatable bonds is 7. The molecule has 0 saturated carbocycles. The number of nitrogens with zero attached hydrogens (tertiary/aromatic N) is 3. The lowest BCUT2D eigenvalue weighted by Gasteiger charge is -2.20. The molecule has 0 spiro atoms. The molecule has 0 fully saturated rings. The summed E-state index contributed by atoms with van der Waals surface area (Å²) in [6, 6.07) is 18.9. The first-order valence-electron chi connectivity index (χ1n) is 8.32. The molecule has 0 saturated heterocycles. The second kappa shape index (κ2) is 9.24. The van der Waals surface area contributed by atoms with Crippen LogP contribution in [0.25, 0.3) is 0 Å². The number of carbonyl (C=O) groups excluding carboxylic acids is 1. The number of benzene rings is 2. The van der Waals surface area contributed by atoms with Gasteiger partial charge in [0, 0.05) is 18.8 Å². The molecule has 2 rings (SSSR count). The van der Waals surface area contributed by atoms with Gasteiger partial charge in [0.1, 0.15) is 0 Å². The lowest BCUT2D eigenvalue weighted by atomic mass is 10.0. The van der Waals surface area contributed by atoms with E-state index in [1.54, 1.807) is 30.5 Å². The first-order valence-corrected chi connectivity index (χ1v) is 8.32. The van der Waals surface area contributed by atoms with E-state index in [1.165, 1.54) is 0 Å². The summed E-state index contributed by atoms with van der Waals surface area (Å²) in [7, 11) is 0. The number of nitrogens with one attached hydrogen (secondary N) is 1. The van der Waals surface area contributed by atoms with Crippen LogP contribution in [0.3, 0.4) is 0 Å². The van der Waals surface area contributed by atoms with E-state index in [0.717, 1.165) is 24.3 Å². The largest absolute Gasteiger partial charge is 0.372 e. The van der Waals surface area contributed by atoms with Crippen LogP contribution in [0.1, 0.15) is 30.9 Å². The third-order valence-corrected chi connectivity index (χ3v) is 3.93. The van der Waals surface area contributed by atoms with Gasteiger partial charge < -0.3 is 4.90 Å². The molecule has 5 nitrogen and oxygen atoms in total. The van der Waals surface area contributed by atoms with Gasteiger partial charge in [-0.15, -0.1) is 0 Å². The van der Waals surface area contributed by atoms with Gasteiger partial charge in [-0.05, 0) is 37.1 Å². The molecule has 1 amide bonds. The summed E-state index contributed by atoms with van der Waals surface area (Å²) < 4.78 is 0. The van der Waals surface area contributed by atoms with Crippen molar-refractivity contribution < 1.29 is 4.79 Å². The molecular formula is C20H22N4O. The molecule has 5 heteroatoms. The number of hydrogen-bond acceptors (Lipinski definition) is 4. The minimum atomic E-state index is -0.872. The van der Waals surface area contributed by atoms with Gasteiger partial charge in [-0.1, -0.05) is 42.5 Å². The van der Waals surface area contributed by atoms with E-state index < -0.39 is 11.8 Å². The van der Waals surface area contributed by atoms with E-state index in [1.807, 2.05) is 36.4 Å². The molecule has 25 heavy (non-hydrogen) atoms. The highest BCUT2D eigenvalue weighted by atomic mass is 16.2. The monoisotopic (exact) mass is 334 g/mol. The average Bonchev–Trinajstić information content (AvgIpc) is 2.65. The smallest absolute Gasteiger partial charge is 0.261 e. The fourth-order valence-electron chi connectivity index (χ4n) is 2.52. The van der Waals surface area contributed by atoms with Crippen molar-refractivity contribution >= 4 is 17.8 Å². The van der Waals surface area contributed by atoms with Crippen molar-refractivity contribution in [3.8, 4) is 6.07 Å². The van der Waals surface area contributed by atoms with E-state index in [4.69, 9.17) is 0 Å². The summed E-state index contributed by atoms with van der Waals surface area (Å²) in [6.45, 7) is 6.14. The molecule has 1 N–H and O–H groups in total. The second-order valence-corrected chi connectivity index (χ2v) is 5.47. The third kappa shape index (κ3) is 4.92. The molecule has 0 aliphatic heterocycles. The highest BCUT2D eigenvalue weighted by Gasteiger charge is 2.19. The molecule has 0 heterocycles. The molecule has 0 aromatic heterocycles. The van der Waals surface area contributed by atoms with Crippen molar-refractivity contribution in [1.82, 2.24) is 5.43 Å². The molecule has 128 valence electrons. The van der Waals surface area contributed by atoms with E-state index in [2.05, 4.69) is 29.3 Å². The van der Waals surface area contributed by atoms with Crippen LogP contribution < -0.4 is 10.3 Å². The van der Waals surface area contributed by atoms with E-state index in [-0.39, 0.29) is 0 Å². The molecule has 0 aliphatic carbocycles. The number of hydrogen-bond donors (Lipinski definition) is 1. The molecule has 0 radical (unpaired) electrons. The lowest BCUT2D eigenvalue weighted by Crippen LogP contribution is -2.24. The van der Waals surface area contributed by atoms with Crippen LogP contribution in [0.15, 0.2) is 59.7 Å². The number of nitriles is 1. The van der Waals surface area contributed by atoms with Gasteiger partial charge in [-0.25, -0.2) is 5.43 Å². The zero-order chi connectivity index (χ0) is 18.1.